The molecule has 0 fully saturated rings. The van der Waals surface area contributed by atoms with Crippen molar-refractivity contribution in [2.75, 3.05) is 0 Å². The van der Waals surface area contributed by atoms with Gasteiger partial charge >= 0.3 is 5.97 Å². The molecular formula is C11H21NO4. The Morgan fingerprint density at radius 3 is 2.50 bits per heavy atom. The maximum absolute atomic E-state index is 11.0. The maximum Gasteiger partial charge on any atom is 0.323 e. The summed E-state index contributed by atoms with van der Waals surface area (Å²) in [5, 5.41) is 18.1. The number of unbranched alkanes of at least 4 members (excludes halogenated alkanes) is 2. The normalized spacial score (nSPS) is 16.4. The predicted octanol–water partition coefficient (Wildman–Crippen LogP) is 0.689. The number of aliphatic carboxylic acids is 1. The van der Waals surface area contributed by atoms with Crippen molar-refractivity contribution in [2.24, 2.45) is 5.73 Å². The Morgan fingerprint density at radius 1 is 1.44 bits per heavy atom. The first kappa shape index (κ1) is 15.1. The molecule has 5 heteroatoms. The number of hydrogen-bond donors (Lipinski definition) is 3. The molecule has 0 radical (unpaired) electrons. The van der Waals surface area contributed by atoms with E-state index in [4.69, 9.17) is 15.9 Å². The smallest absolute Gasteiger partial charge is 0.323 e. The monoisotopic (exact) mass is 231 g/mol. The highest BCUT2D eigenvalue weighted by molar-refractivity contribution is 5.78. The molecule has 94 valence electrons. The first-order chi connectivity index (χ1) is 7.42. The first-order valence-corrected chi connectivity index (χ1v) is 5.56. The van der Waals surface area contributed by atoms with E-state index in [-0.39, 0.29) is 6.42 Å². The maximum atomic E-state index is 11.0. The van der Waals surface area contributed by atoms with Gasteiger partial charge in [0.15, 0.2) is 0 Å². The third kappa shape index (κ3) is 5.82. The van der Waals surface area contributed by atoms with Crippen LogP contribution in [0.15, 0.2) is 0 Å². The van der Waals surface area contributed by atoms with E-state index in [1.807, 2.05) is 0 Å². The van der Waals surface area contributed by atoms with Crippen molar-refractivity contribution in [2.45, 2.75) is 57.1 Å². The number of aliphatic hydroxyl groups excluding tert-OH is 1. The van der Waals surface area contributed by atoms with Crippen LogP contribution in [-0.4, -0.2) is 34.1 Å². The van der Waals surface area contributed by atoms with Gasteiger partial charge in [-0.2, -0.15) is 0 Å². The summed E-state index contributed by atoms with van der Waals surface area (Å²) < 4.78 is 0. The Labute approximate surface area is 95.6 Å². The van der Waals surface area contributed by atoms with Gasteiger partial charge in [-0.3, -0.25) is 4.79 Å². The Balaban J connectivity index is 4.11. The Kier molecular flexibility index (Phi) is 6.92. The van der Waals surface area contributed by atoms with Crippen molar-refractivity contribution in [3.05, 3.63) is 0 Å². The molecule has 0 heterocycles. The van der Waals surface area contributed by atoms with Gasteiger partial charge in [0.2, 0.25) is 0 Å². The van der Waals surface area contributed by atoms with Crippen LogP contribution in [-0.2, 0) is 9.59 Å². The van der Waals surface area contributed by atoms with E-state index in [1.165, 1.54) is 0 Å². The average molecular weight is 231 g/mol. The van der Waals surface area contributed by atoms with Crippen LogP contribution in [0.3, 0.4) is 0 Å². The molecule has 0 rings (SSSR count). The minimum Gasteiger partial charge on any atom is -0.480 e. The molecule has 0 aliphatic heterocycles. The fourth-order valence-corrected chi connectivity index (χ4v) is 1.47. The van der Waals surface area contributed by atoms with E-state index >= 15 is 0 Å². The van der Waals surface area contributed by atoms with Crippen LogP contribution in [0.4, 0.5) is 0 Å². The number of aldehydes is 1. The number of carbonyl (C=O) groups is 2. The lowest BCUT2D eigenvalue weighted by Gasteiger charge is -2.25. The molecule has 5 nitrogen and oxygen atoms in total. The van der Waals surface area contributed by atoms with Gasteiger partial charge in [0, 0.05) is 6.42 Å². The summed E-state index contributed by atoms with van der Waals surface area (Å²) in [6.45, 7) is 1.61. The molecule has 0 saturated carbocycles. The topological polar surface area (TPSA) is 101 Å². The zero-order valence-corrected chi connectivity index (χ0v) is 9.69. The number of carbonyl (C=O) groups excluding carboxylic acids is 1. The molecular weight excluding hydrogens is 210 g/mol. The quantitative estimate of drug-likeness (QED) is 0.400. The van der Waals surface area contributed by atoms with Gasteiger partial charge < -0.3 is 20.7 Å². The third-order valence-electron chi connectivity index (χ3n) is 2.63. The third-order valence-corrected chi connectivity index (χ3v) is 2.63. The first-order valence-electron chi connectivity index (χ1n) is 5.56. The summed E-state index contributed by atoms with van der Waals surface area (Å²) in [6, 6.07) is 0. The number of aliphatic hydroxyl groups is 1. The second-order valence-corrected chi connectivity index (χ2v) is 4.26. The second kappa shape index (κ2) is 7.35. The second-order valence-electron chi connectivity index (χ2n) is 4.26. The van der Waals surface area contributed by atoms with Gasteiger partial charge in [-0.05, 0) is 32.6 Å². The number of carboxylic acids is 1. The SMILES string of the molecule is CC(O)CCC(N)(CCCCC=O)C(=O)O. The molecule has 0 spiro atoms. The highest BCUT2D eigenvalue weighted by atomic mass is 16.4. The molecule has 0 amide bonds. The molecule has 4 N–H and O–H groups in total. The minimum absolute atomic E-state index is 0.251. The van der Waals surface area contributed by atoms with Crippen LogP contribution in [0.5, 0.6) is 0 Å². The van der Waals surface area contributed by atoms with Crippen LogP contribution in [0.1, 0.15) is 45.4 Å². The number of hydrogen-bond acceptors (Lipinski definition) is 4. The van der Waals surface area contributed by atoms with Crippen molar-refractivity contribution in [1.82, 2.24) is 0 Å². The van der Waals surface area contributed by atoms with Gasteiger partial charge in [-0.15, -0.1) is 0 Å². The van der Waals surface area contributed by atoms with Crippen molar-refractivity contribution in [3.8, 4) is 0 Å². The molecule has 0 aromatic carbocycles. The average Bonchev–Trinajstić information content (AvgIpc) is 2.21. The minimum atomic E-state index is -1.28. The zero-order chi connectivity index (χ0) is 12.6. The molecule has 0 aliphatic carbocycles. The predicted molar refractivity (Wildman–Crippen MR) is 60.0 cm³/mol. The molecule has 2 unspecified atom stereocenters. The lowest BCUT2D eigenvalue weighted by atomic mass is 9.87. The molecule has 0 saturated heterocycles. The highest BCUT2D eigenvalue weighted by Gasteiger charge is 2.33. The van der Waals surface area contributed by atoms with Gasteiger partial charge in [0.25, 0.3) is 0 Å². The lowest BCUT2D eigenvalue weighted by molar-refractivity contribution is -0.144. The number of carboxylic acid groups (broad SMARTS) is 1. The fraction of sp³-hybridized carbons (Fsp3) is 0.818. The van der Waals surface area contributed by atoms with Gasteiger partial charge in [-0.25, -0.2) is 0 Å². The Bertz CT molecular complexity index is 230. The van der Waals surface area contributed by atoms with E-state index in [9.17, 15) is 9.59 Å². The van der Waals surface area contributed by atoms with Crippen molar-refractivity contribution in [3.63, 3.8) is 0 Å². The Morgan fingerprint density at radius 2 is 2.06 bits per heavy atom. The van der Waals surface area contributed by atoms with Crippen LogP contribution in [0.2, 0.25) is 0 Å². The van der Waals surface area contributed by atoms with Crippen LogP contribution in [0.25, 0.3) is 0 Å². The van der Waals surface area contributed by atoms with E-state index in [0.717, 1.165) is 6.29 Å². The molecule has 16 heavy (non-hydrogen) atoms. The van der Waals surface area contributed by atoms with Crippen molar-refractivity contribution < 1.29 is 19.8 Å². The Hall–Kier alpha value is -0.940. The summed E-state index contributed by atoms with van der Waals surface area (Å²) in [4.78, 5) is 21.1. The number of nitrogens with two attached hydrogens (primary N) is 1. The summed E-state index contributed by atoms with van der Waals surface area (Å²) in [7, 11) is 0. The van der Waals surface area contributed by atoms with Crippen LogP contribution >= 0.6 is 0 Å². The lowest BCUT2D eigenvalue weighted by Crippen LogP contribution is -2.48. The number of rotatable bonds is 9. The largest absolute Gasteiger partial charge is 0.480 e. The van der Waals surface area contributed by atoms with Crippen LogP contribution < -0.4 is 5.73 Å². The van der Waals surface area contributed by atoms with E-state index in [0.29, 0.717) is 32.1 Å². The molecule has 0 bridgehead atoms. The highest BCUT2D eigenvalue weighted by Crippen LogP contribution is 2.19. The van der Waals surface area contributed by atoms with Gasteiger partial charge in [0.05, 0.1) is 6.10 Å². The zero-order valence-electron chi connectivity index (χ0n) is 9.69. The summed E-state index contributed by atoms with van der Waals surface area (Å²) >= 11 is 0. The van der Waals surface area contributed by atoms with Gasteiger partial charge in [0.1, 0.15) is 11.8 Å². The molecule has 0 aromatic heterocycles. The van der Waals surface area contributed by atoms with Crippen molar-refractivity contribution >= 4 is 12.3 Å². The molecule has 0 aliphatic rings. The van der Waals surface area contributed by atoms with E-state index in [1.54, 1.807) is 6.92 Å². The molecule has 2 atom stereocenters. The van der Waals surface area contributed by atoms with E-state index in [2.05, 4.69) is 0 Å². The summed E-state index contributed by atoms with van der Waals surface area (Å²) in [5.74, 6) is -1.04. The van der Waals surface area contributed by atoms with Crippen LogP contribution in [0, 0.1) is 0 Å². The van der Waals surface area contributed by atoms with Gasteiger partial charge in [-0.1, -0.05) is 6.42 Å². The summed E-state index contributed by atoms with van der Waals surface area (Å²) in [5.41, 5.74) is 4.49. The standard InChI is InChI=1S/C11H21NO4/c1-9(14)5-7-11(12,10(15)16)6-3-2-4-8-13/h8-9,14H,2-7,12H2,1H3,(H,15,16). The van der Waals surface area contributed by atoms with Crippen molar-refractivity contribution in [1.29, 1.82) is 0 Å². The summed E-state index contributed by atoms with van der Waals surface area (Å²) in [6.07, 6.45) is 2.94. The fourth-order valence-electron chi connectivity index (χ4n) is 1.47. The van der Waals surface area contributed by atoms with E-state index < -0.39 is 17.6 Å². The molecule has 0 aromatic rings.